The average Bonchev–Trinajstić information content (AvgIpc) is 3.26. The van der Waals surface area contributed by atoms with Crippen molar-refractivity contribution in [3.63, 3.8) is 0 Å². The third-order valence-corrected chi connectivity index (χ3v) is 4.53. The van der Waals surface area contributed by atoms with Gasteiger partial charge in [-0.1, -0.05) is 30.3 Å². The molecule has 0 radical (unpaired) electrons. The van der Waals surface area contributed by atoms with Gasteiger partial charge in [0, 0.05) is 37.6 Å². The second-order valence-electron chi connectivity index (χ2n) is 6.35. The molecule has 3 rings (SSSR count). The van der Waals surface area contributed by atoms with E-state index in [1.807, 2.05) is 0 Å². The highest BCUT2D eigenvalue weighted by Gasteiger charge is 2.38. The number of morpholine rings is 1. The second kappa shape index (κ2) is 6.25. The fourth-order valence-corrected chi connectivity index (χ4v) is 3.11. The summed E-state index contributed by atoms with van der Waals surface area (Å²) in [4.78, 5) is 2.51. The van der Waals surface area contributed by atoms with E-state index in [2.05, 4.69) is 54.4 Å². The van der Waals surface area contributed by atoms with Crippen LogP contribution < -0.4 is 5.32 Å². The molecular weight excluding hydrogens is 248 g/mol. The minimum Gasteiger partial charge on any atom is -0.374 e. The van der Waals surface area contributed by atoms with E-state index in [0.29, 0.717) is 24.1 Å². The maximum absolute atomic E-state index is 5.87. The second-order valence-corrected chi connectivity index (χ2v) is 6.35. The molecule has 3 unspecified atom stereocenters. The lowest BCUT2D eigenvalue weighted by Crippen LogP contribution is -2.49. The number of nitrogens with zero attached hydrogens (tertiary/aromatic N) is 1. The first-order chi connectivity index (χ1) is 9.74. The zero-order chi connectivity index (χ0) is 13.9. The molecule has 1 heterocycles. The minimum atomic E-state index is 0.350. The molecule has 3 atom stereocenters. The molecule has 1 aromatic carbocycles. The van der Waals surface area contributed by atoms with E-state index in [4.69, 9.17) is 4.74 Å². The van der Waals surface area contributed by atoms with Crippen molar-refractivity contribution in [2.24, 2.45) is 0 Å². The fraction of sp³-hybridized carbons (Fsp3) is 0.647. The molecule has 1 N–H and O–H groups in total. The van der Waals surface area contributed by atoms with Crippen LogP contribution >= 0.6 is 0 Å². The highest BCUT2D eigenvalue weighted by atomic mass is 16.5. The van der Waals surface area contributed by atoms with Gasteiger partial charge in [-0.15, -0.1) is 0 Å². The van der Waals surface area contributed by atoms with Crippen molar-refractivity contribution in [1.29, 1.82) is 0 Å². The van der Waals surface area contributed by atoms with Gasteiger partial charge in [0.1, 0.15) is 0 Å². The molecule has 0 bridgehead atoms. The largest absolute Gasteiger partial charge is 0.374 e. The van der Waals surface area contributed by atoms with Crippen molar-refractivity contribution in [2.75, 3.05) is 26.2 Å². The first-order valence-corrected chi connectivity index (χ1v) is 7.88. The molecule has 1 aliphatic carbocycles. The Balaban J connectivity index is 1.43. The molecule has 2 fully saturated rings. The Morgan fingerprint density at radius 3 is 2.85 bits per heavy atom. The van der Waals surface area contributed by atoms with Gasteiger partial charge in [-0.05, 0) is 25.8 Å². The highest BCUT2D eigenvalue weighted by molar-refractivity contribution is 5.27. The van der Waals surface area contributed by atoms with Gasteiger partial charge in [0.2, 0.25) is 0 Å². The van der Waals surface area contributed by atoms with Crippen LogP contribution in [0.1, 0.15) is 31.7 Å². The molecule has 1 aromatic rings. The lowest BCUT2D eigenvalue weighted by Gasteiger charge is -2.35. The number of rotatable bonds is 5. The zero-order valence-electron chi connectivity index (χ0n) is 12.6. The van der Waals surface area contributed by atoms with Crippen molar-refractivity contribution in [1.82, 2.24) is 10.2 Å². The SMILES string of the molecule is CC(C)N1CCOC(CNC2CC2c2ccccc2)C1. The monoisotopic (exact) mass is 274 g/mol. The predicted octanol–water partition coefficient (Wildman–Crippen LogP) is 2.24. The molecule has 3 heteroatoms. The molecule has 1 saturated carbocycles. The summed E-state index contributed by atoms with van der Waals surface area (Å²) in [5.74, 6) is 0.709. The molecule has 1 aliphatic heterocycles. The Labute approximate surface area is 122 Å². The predicted molar refractivity (Wildman–Crippen MR) is 82.0 cm³/mol. The first-order valence-electron chi connectivity index (χ1n) is 7.88. The van der Waals surface area contributed by atoms with Gasteiger partial charge in [0.15, 0.2) is 0 Å². The van der Waals surface area contributed by atoms with E-state index >= 15 is 0 Å². The van der Waals surface area contributed by atoms with Gasteiger partial charge >= 0.3 is 0 Å². The number of ether oxygens (including phenoxy) is 1. The summed E-state index contributed by atoms with van der Waals surface area (Å²) in [7, 11) is 0. The van der Waals surface area contributed by atoms with E-state index in [9.17, 15) is 0 Å². The Kier molecular flexibility index (Phi) is 4.39. The third kappa shape index (κ3) is 3.40. The van der Waals surface area contributed by atoms with Crippen LogP contribution in [0, 0.1) is 0 Å². The first kappa shape index (κ1) is 14.1. The molecular formula is C17H26N2O. The topological polar surface area (TPSA) is 24.5 Å². The van der Waals surface area contributed by atoms with E-state index in [1.165, 1.54) is 12.0 Å². The molecule has 3 nitrogen and oxygen atoms in total. The summed E-state index contributed by atoms with van der Waals surface area (Å²) in [6, 6.07) is 12.1. The maximum atomic E-state index is 5.87. The van der Waals surface area contributed by atoms with Crippen LogP contribution in [-0.4, -0.2) is 49.3 Å². The van der Waals surface area contributed by atoms with Crippen molar-refractivity contribution in [3.8, 4) is 0 Å². The normalized spacial score (nSPS) is 30.6. The van der Waals surface area contributed by atoms with Crippen LogP contribution in [0.3, 0.4) is 0 Å². The van der Waals surface area contributed by atoms with Crippen LogP contribution in [0.4, 0.5) is 0 Å². The molecule has 0 amide bonds. The summed E-state index contributed by atoms with van der Waals surface area (Å²) >= 11 is 0. The summed E-state index contributed by atoms with van der Waals surface area (Å²) in [6.07, 6.45) is 1.62. The Morgan fingerprint density at radius 2 is 2.10 bits per heavy atom. The number of benzene rings is 1. The summed E-state index contributed by atoms with van der Waals surface area (Å²) in [5, 5.41) is 3.68. The van der Waals surface area contributed by atoms with E-state index in [0.717, 1.165) is 26.2 Å². The zero-order valence-corrected chi connectivity index (χ0v) is 12.6. The van der Waals surface area contributed by atoms with Gasteiger partial charge in [-0.2, -0.15) is 0 Å². The van der Waals surface area contributed by atoms with Crippen molar-refractivity contribution >= 4 is 0 Å². The molecule has 0 aromatic heterocycles. The van der Waals surface area contributed by atoms with Crippen molar-refractivity contribution in [3.05, 3.63) is 35.9 Å². The van der Waals surface area contributed by atoms with Gasteiger partial charge in [0.05, 0.1) is 12.7 Å². The molecule has 110 valence electrons. The average molecular weight is 274 g/mol. The van der Waals surface area contributed by atoms with E-state index in [-0.39, 0.29) is 0 Å². The minimum absolute atomic E-state index is 0.350. The standard InChI is InChI=1S/C17H26N2O/c1-13(2)19-8-9-20-15(12-19)11-18-17-10-16(17)14-6-4-3-5-7-14/h3-7,13,15-18H,8-12H2,1-2H3. The number of nitrogens with one attached hydrogen (secondary N) is 1. The molecule has 0 spiro atoms. The van der Waals surface area contributed by atoms with Crippen LogP contribution in [0.5, 0.6) is 0 Å². The Bertz CT molecular complexity index is 420. The van der Waals surface area contributed by atoms with Gasteiger partial charge < -0.3 is 10.1 Å². The van der Waals surface area contributed by atoms with Crippen LogP contribution in [0.25, 0.3) is 0 Å². The van der Waals surface area contributed by atoms with Crippen LogP contribution in [0.15, 0.2) is 30.3 Å². The van der Waals surface area contributed by atoms with Crippen LogP contribution in [0.2, 0.25) is 0 Å². The lowest BCUT2D eigenvalue weighted by atomic mass is 10.1. The fourth-order valence-electron chi connectivity index (χ4n) is 3.11. The van der Waals surface area contributed by atoms with Gasteiger partial charge in [0.25, 0.3) is 0 Å². The molecule has 2 aliphatic rings. The van der Waals surface area contributed by atoms with Gasteiger partial charge in [-0.25, -0.2) is 0 Å². The lowest BCUT2D eigenvalue weighted by molar-refractivity contribution is -0.0373. The third-order valence-electron chi connectivity index (χ3n) is 4.53. The van der Waals surface area contributed by atoms with E-state index < -0.39 is 0 Å². The van der Waals surface area contributed by atoms with Crippen molar-refractivity contribution in [2.45, 2.75) is 44.4 Å². The molecule has 20 heavy (non-hydrogen) atoms. The Morgan fingerprint density at radius 1 is 1.30 bits per heavy atom. The quantitative estimate of drug-likeness (QED) is 0.891. The summed E-state index contributed by atoms with van der Waals surface area (Å²) in [5.41, 5.74) is 1.47. The maximum Gasteiger partial charge on any atom is 0.0826 e. The Hall–Kier alpha value is -0.900. The number of hydrogen-bond acceptors (Lipinski definition) is 3. The number of hydrogen-bond donors (Lipinski definition) is 1. The van der Waals surface area contributed by atoms with Gasteiger partial charge in [-0.3, -0.25) is 4.90 Å². The molecule has 1 saturated heterocycles. The van der Waals surface area contributed by atoms with E-state index in [1.54, 1.807) is 0 Å². The highest BCUT2D eigenvalue weighted by Crippen LogP contribution is 2.40. The smallest absolute Gasteiger partial charge is 0.0826 e. The summed E-state index contributed by atoms with van der Waals surface area (Å²) in [6.45, 7) is 8.52. The summed E-state index contributed by atoms with van der Waals surface area (Å²) < 4.78 is 5.87. The van der Waals surface area contributed by atoms with Crippen LogP contribution in [-0.2, 0) is 4.74 Å². The van der Waals surface area contributed by atoms with Crippen molar-refractivity contribution < 1.29 is 4.74 Å².